The molecule has 4 nitrogen and oxygen atoms in total. The number of ether oxygens (including phenoxy) is 1. The van der Waals surface area contributed by atoms with Crippen LogP contribution in [0.4, 0.5) is 0 Å². The summed E-state index contributed by atoms with van der Waals surface area (Å²) >= 11 is 0. The number of oxazole rings is 1. The number of hydrogen-bond acceptors (Lipinski definition) is 3. The van der Waals surface area contributed by atoms with Crippen molar-refractivity contribution in [3.63, 3.8) is 0 Å². The van der Waals surface area contributed by atoms with E-state index in [4.69, 9.17) is 9.15 Å². The van der Waals surface area contributed by atoms with E-state index in [1.54, 1.807) is 4.57 Å². The van der Waals surface area contributed by atoms with Gasteiger partial charge in [0.25, 0.3) is 0 Å². The summed E-state index contributed by atoms with van der Waals surface area (Å²) in [6, 6.07) is 29.6. The predicted octanol–water partition coefficient (Wildman–Crippen LogP) is 4.68. The average Bonchev–Trinajstić information content (AvgIpc) is 3.06. The van der Waals surface area contributed by atoms with Gasteiger partial charge in [-0.05, 0) is 16.7 Å². The Bertz CT molecular complexity index is 1040. The number of aromatic nitrogens is 1. The summed E-state index contributed by atoms with van der Waals surface area (Å²) in [6.07, 6.45) is 0.534. The molecule has 1 heterocycles. The summed E-state index contributed by atoms with van der Waals surface area (Å²) in [5.74, 6) is -0.175. The molecule has 4 aromatic rings. The molecule has 0 amide bonds. The van der Waals surface area contributed by atoms with E-state index in [1.165, 1.54) is 7.11 Å². The molecule has 28 heavy (non-hydrogen) atoms. The Morgan fingerprint density at radius 3 is 1.82 bits per heavy atom. The van der Waals surface area contributed by atoms with Crippen LogP contribution in [-0.4, -0.2) is 11.7 Å². The van der Waals surface area contributed by atoms with Crippen molar-refractivity contribution < 1.29 is 9.15 Å². The van der Waals surface area contributed by atoms with E-state index in [9.17, 15) is 4.79 Å². The predicted molar refractivity (Wildman–Crippen MR) is 109 cm³/mol. The highest BCUT2D eigenvalue weighted by Gasteiger charge is 2.26. The van der Waals surface area contributed by atoms with Crippen LogP contribution in [0, 0.1) is 0 Å². The molecule has 0 aliphatic carbocycles. The molecule has 0 atom stereocenters. The van der Waals surface area contributed by atoms with Gasteiger partial charge in [0.2, 0.25) is 0 Å². The lowest BCUT2D eigenvalue weighted by atomic mass is 9.97. The van der Waals surface area contributed by atoms with Gasteiger partial charge in [-0.25, -0.2) is 4.79 Å². The maximum absolute atomic E-state index is 12.9. The minimum atomic E-state index is -0.430. The highest BCUT2D eigenvalue weighted by atomic mass is 16.6. The maximum Gasteiger partial charge on any atom is 0.423 e. The van der Waals surface area contributed by atoms with Crippen molar-refractivity contribution >= 4 is 0 Å². The second-order valence-corrected chi connectivity index (χ2v) is 6.56. The summed E-state index contributed by atoms with van der Waals surface area (Å²) in [5.41, 5.74) is 3.81. The first-order valence-corrected chi connectivity index (χ1v) is 9.20. The minimum Gasteiger partial charge on any atom is -0.467 e. The number of methoxy groups -OCH3 is 1. The fourth-order valence-electron chi connectivity index (χ4n) is 3.52. The smallest absolute Gasteiger partial charge is 0.423 e. The minimum absolute atomic E-state index is 0.255. The first-order valence-electron chi connectivity index (χ1n) is 9.20. The molecule has 4 heteroatoms. The largest absolute Gasteiger partial charge is 0.467 e. The van der Waals surface area contributed by atoms with Gasteiger partial charge < -0.3 is 9.15 Å². The molecule has 3 aromatic carbocycles. The van der Waals surface area contributed by atoms with Crippen molar-refractivity contribution in [2.24, 2.45) is 0 Å². The van der Waals surface area contributed by atoms with E-state index in [0.29, 0.717) is 6.42 Å². The highest BCUT2D eigenvalue weighted by molar-refractivity contribution is 5.36. The van der Waals surface area contributed by atoms with Crippen LogP contribution in [0.1, 0.15) is 28.4 Å². The summed E-state index contributed by atoms with van der Waals surface area (Å²) in [5, 5.41) is 0. The molecular formula is C24H21NO3. The Kier molecular flexibility index (Phi) is 5.11. The first-order chi connectivity index (χ1) is 13.8. The topological polar surface area (TPSA) is 44.4 Å². The third-order valence-corrected chi connectivity index (χ3v) is 4.79. The van der Waals surface area contributed by atoms with Crippen molar-refractivity contribution in [3.05, 3.63) is 124 Å². The average molecular weight is 371 g/mol. The third-order valence-electron chi connectivity index (χ3n) is 4.79. The van der Waals surface area contributed by atoms with Gasteiger partial charge in [-0.15, -0.1) is 0 Å². The molecule has 0 radical (unpaired) electrons. The van der Waals surface area contributed by atoms with Crippen LogP contribution in [0.2, 0.25) is 0 Å². The third kappa shape index (κ3) is 3.49. The van der Waals surface area contributed by atoms with Crippen LogP contribution >= 0.6 is 0 Å². The van der Waals surface area contributed by atoms with Crippen molar-refractivity contribution in [1.82, 2.24) is 4.57 Å². The molecule has 4 rings (SSSR count). The molecule has 0 fully saturated rings. The Balaban J connectivity index is 1.92. The second kappa shape index (κ2) is 8.01. The molecule has 0 aliphatic heterocycles. The SMILES string of the molecule is COc1oc(=O)n(C(c2ccccc2)c2ccccc2)c1Cc1ccccc1. The number of nitrogens with zero attached hydrogens (tertiary/aromatic N) is 1. The lowest BCUT2D eigenvalue weighted by molar-refractivity contribution is 0.290. The fraction of sp³-hybridized carbons (Fsp3) is 0.125. The van der Waals surface area contributed by atoms with Crippen molar-refractivity contribution in [2.75, 3.05) is 7.11 Å². The zero-order valence-electron chi connectivity index (χ0n) is 15.6. The fourth-order valence-corrected chi connectivity index (χ4v) is 3.52. The summed E-state index contributed by atoms with van der Waals surface area (Å²) in [4.78, 5) is 12.9. The van der Waals surface area contributed by atoms with Gasteiger partial charge in [-0.2, -0.15) is 0 Å². The highest BCUT2D eigenvalue weighted by Crippen LogP contribution is 2.31. The van der Waals surface area contributed by atoms with Crippen molar-refractivity contribution in [3.8, 4) is 5.95 Å². The number of hydrogen-bond donors (Lipinski definition) is 0. The lowest BCUT2D eigenvalue weighted by Crippen LogP contribution is -2.25. The molecule has 0 saturated carbocycles. The zero-order chi connectivity index (χ0) is 19.3. The van der Waals surface area contributed by atoms with Gasteiger partial charge in [0.1, 0.15) is 5.69 Å². The van der Waals surface area contributed by atoms with Gasteiger partial charge in [0.05, 0.1) is 13.2 Å². The summed E-state index contributed by atoms with van der Waals surface area (Å²) in [7, 11) is 1.52. The summed E-state index contributed by atoms with van der Waals surface area (Å²) in [6.45, 7) is 0. The molecule has 0 aliphatic rings. The Morgan fingerprint density at radius 1 is 0.821 bits per heavy atom. The van der Waals surface area contributed by atoms with E-state index in [2.05, 4.69) is 0 Å². The molecule has 0 saturated heterocycles. The monoisotopic (exact) mass is 371 g/mol. The van der Waals surface area contributed by atoms with Crippen LogP contribution < -0.4 is 10.5 Å². The molecule has 140 valence electrons. The Labute approximate surface area is 163 Å². The molecular weight excluding hydrogens is 350 g/mol. The molecule has 0 N–H and O–H groups in total. The molecule has 0 bridgehead atoms. The van der Waals surface area contributed by atoms with Gasteiger partial charge in [0.15, 0.2) is 0 Å². The van der Waals surface area contributed by atoms with E-state index in [-0.39, 0.29) is 12.0 Å². The summed E-state index contributed by atoms with van der Waals surface area (Å²) < 4.78 is 12.6. The first kappa shape index (κ1) is 17.9. The van der Waals surface area contributed by atoms with Crippen LogP contribution in [0.25, 0.3) is 0 Å². The standard InChI is InChI=1S/C24H21NO3/c1-27-23-21(17-18-11-5-2-6-12-18)25(24(26)28-23)22(19-13-7-3-8-14-19)20-15-9-4-10-16-20/h2-16,22H,17H2,1H3. The van der Waals surface area contributed by atoms with Crippen LogP contribution in [0.15, 0.2) is 100 Å². The van der Waals surface area contributed by atoms with Crippen LogP contribution in [0.5, 0.6) is 5.95 Å². The normalized spacial score (nSPS) is 10.9. The van der Waals surface area contributed by atoms with Gasteiger partial charge >= 0.3 is 11.7 Å². The van der Waals surface area contributed by atoms with E-state index < -0.39 is 5.76 Å². The Morgan fingerprint density at radius 2 is 1.32 bits per heavy atom. The lowest BCUT2D eigenvalue weighted by Gasteiger charge is -2.21. The molecule has 0 unspecified atom stereocenters. The van der Waals surface area contributed by atoms with Gasteiger partial charge in [0, 0.05) is 6.42 Å². The van der Waals surface area contributed by atoms with Crippen LogP contribution in [0.3, 0.4) is 0 Å². The van der Waals surface area contributed by atoms with Gasteiger partial charge in [-0.3, -0.25) is 4.57 Å². The maximum atomic E-state index is 12.9. The van der Waals surface area contributed by atoms with Crippen molar-refractivity contribution in [1.29, 1.82) is 0 Å². The van der Waals surface area contributed by atoms with E-state index in [0.717, 1.165) is 22.4 Å². The van der Waals surface area contributed by atoms with E-state index in [1.807, 2.05) is 91.0 Å². The van der Waals surface area contributed by atoms with E-state index >= 15 is 0 Å². The zero-order valence-corrected chi connectivity index (χ0v) is 15.6. The second-order valence-electron chi connectivity index (χ2n) is 6.56. The number of rotatable bonds is 6. The molecule has 1 aromatic heterocycles. The van der Waals surface area contributed by atoms with Crippen molar-refractivity contribution in [2.45, 2.75) is 12.5 Å². The number of benzene rings is 3. The molecule has 0 spiro atoms. The van der Waals surface area contributed by atoms with Crippen LogP contribution in [-0.2, 0) is 6.42 Å². The Hall–Kier alpha value is -3.53. The quantitative estimate of drug-likeness (QED) is 0.494. The van der Waals surface area contributed by atoms with Gasteiger partial charge in [-0.1, -0.05) is 91.0 Å².